The third-order valence-corrected chi connectivity index (χ3v) is 2.11. The van der Waals surface area contributed by atoms with E-state index in [2.05, 4.69) is 5.32 Å². The fourth-order valence-corrected chi connectivity index (χ4v) is 1.52. The Balaban J connectivity index is 2.89. The van der Waals surface area contributed by atoms with Gasteiger partial charge in [-0.3, -0.25) is 4.21 Å². The molecule has 0 aliphatic carbocycles. The molecule has 0 amide bonds. The van der Waals surface area contributed by atoms with Crippen LogP contribution in [0.25, 0.3) is 0 Å². The Labute approximate surface area is 74.1 Å². The fraction of sp³-hybridized carbons (Fsp3) is 0.250. The molecule has 1 unspecified atom stereocenters. The van der Waals surface area contributed by atoms with E-state index in [0.717, 1.165) is 11.3 Å². The van der Waals surface area contributed by atoms with Crippen molar-refractivity contribution >= 4 is 16.8 Å². The average molecular weight is 184 g/mol. The molecular weight excluding hydrogens is 174 g/mol. The highest BCUT2D eigenvalue weighted by molar-refractivity contribution is 7.78. The Morgan fingerprint density at radius 3 is 2.75 bits per heavy atom. The van der Waals surface area contributed by atoms with Crippen molar-refractivity contribution in [2.45, 2.75) is 5.75 Å². The zero-order valence-corrected chi connectivity index (χ0v) is 7.56. The van der Waals surface area contributed by atoms with Gasteiger partial charge in [-0.1, -0.05) is 29.3 Å². The molecule has 1 aromatic rings. The molecule has 0 bridgehead atoms. The van der Waals surface area contributed by atoms with Crippen molar-refractivity contribution in [2.24, 2.45) is 0 Å². The lowest BCUT2D eigenvalue weighted by molar-refractivity contribution is 0.536. The van der Waals surface area contributed by atoms with Crippen LogP contribution in [0.5, 0.6) is 0 Å². The van der Waals surface area contributed by atoms with Gasteiger partial charge in [0, 0.05) is 18.5 Å². The van der Waals surface area contributed by atoms with Gasteiger partial charge < -0.3 is 9.87 Å². The van der Waals surface area contributed by atoms with E-state index in [0.29, 0.717) is 0 Å². The normalized spacial score (nSPS) is 12.5. The van der Waals surface area contributed by atoms with Crippen molar-refractivity contribution in [3.63, 3.8) is 0 Å². The van der Waals surface area contributed by atoms with Crippen molar-refractivity contribution < 1.29 is 8.76 Å². The minimum atomic E-state index is -2.02. The van der Waals surface area contributed by atoms with Crippen LogP contribution in [0.1, 0.15) is 5.56 Å². The summed E-state index contributed by atoms with van der Waals surface area (Å²) in [6, 6.07) is 7.33. The molecule has 0 aliphatic rings. The lowest BCUT2D eigenvalue weighted by Crippen LogP contribution is -1.98. The molecule has 0 spiro atoms. The molecule has 1 aromatic carbocycles. The highest BCUT2D eigenvalue weighted by Crippen LogP contribution is 2.15. The minimum absolute atomic E-state index is 0.0665. The number of para-hydroxylation sites is 1. The van der Waals surface area contributed by atoms with Crippen LogP contribution in [-0.2, 0) is 16.8 Å². The van der Waals surface area contributed by atoms with Gasteiger partial charge in [-0.05, 0) is 11.6 Å². The van der Waals surface area contributed by atoms with Crippen LogP contribution in [0.15, 0.2) is 24.3 Å². The molecule has 1 rings (SSSR count). The van der Waals surface area contributed by atoms with Crippen molar-refractivity contribution in [2.75, 3.05) is 12.4 Å². The Hall–Kier alpha value is -0.870. The number of benzene rings is 1. The molecule has 0 radical (unpaired) electrons. The highest BCUT2D eigenvalue weighted by Gasteiger charge is 1.97. The summed E-state index contributed by atoms with van der Waals surface area (Å²) in [4.78, 5) is 0. The van der Waals surface area contributed by atoms with Crippen molar-refractivity contribution in [3.05, 3.63) is 29.8 Å². The van der Waals surface area contributed by atoms with E-state index < -0.39 is 11.1 Å². The molecule has 3 nitrogen and oxygen atoms in total. The topological polar surface area (TPSA) is 52.2 Å². The van der Waals surface area contributed by atoms with E-state index in [9.17, 15) is 8.76 Å². The van der Waals surface area contributed by atoms with Gasteiger partial charge >= 0.3 is 0 Å². The highest BCUT2D eigenvalue weighted by atomic mass is 32.2. The predicted molar refractivity (Wildman–Crippen MR) is 48.6 cm³/mol. The number of hydrogen-bond acceptors (Lipinski definition) is 3. The maximum absolute atomic E-state index is 10.4. The first-order valence-electron chi connectivity index (χ1n) is 3.55. The molecule has 0 aromatic heterocycles. The SMILES string of the molecule is CNc1ccccc1CS(=O)[O-]. The second kappa shape index (κ2) is 4.23. The first-order chi connectivity index (χ1) is 5.74. The summed E-state index contributed by atoms with van der Waals surface area (Å²) in [5.74, 6) is 0.0665. The van der Waals surface area contributed by atoms with Crippen LogP contribution in [-0.4, -0.2) is 15.8 Å². The quantitative estimate of drug-likeness (QED) is 0.716. The Morgan fingerprint density at radius 1 is 1.50 bits per heavy atom. The largest absolute Gasteiger partial charge is 0.772 e. The Kier molecular flexibility index (Phi) is 3.25. The van der Waals surface area contributed by atoms with E-state index in [-0.39, 0.29) is 5.75 Å². The molecule has 12 heavy (non-hydrogen) atoms. The first kappa shape index (κ1) is 9.22. The number of hydrogen-bond donors (Lipinski definition) is 1. The molecule has 4 heteroatoms. The van der Waals surface area contributed by atoms with Crippen LogP contribution < -0.4 is 5.32 Å². The predicted octanol–water partition coefficient (Wildman–Crippen LogP) is 1.11. The summed E-state index contributed by atoms with van der Waals surface area (Å²) >= 11 is -2.02. The summed E-state index contributed by atoms with van der Waals surface area (Å²) in [6.07, 6.45) is 0. The molecule has 0 saturated carbocycles. The van der Waals surface area contributed by atoms with Crippen molar-refractivity contribution in [3.8, 4) is 0 Å². The Bertz CT molecular complexity index is 288. The lowest BCUT2D eigenvalue weighted by Gasteiger charge is -2.09. The van der Waals surface area contributed by atoms with E-state index in [4.69, 9.17) is 0 Å². The fourth-order valence-electron chi connectivity index (χ4n) is 1.02. The minimum Gasteiger partial charge on any atom is -0.772 e. The van der Waals surface area contributed by atoms with Gasteiger partial charge in [0.25, 0.3) is 0 Å². The standard InChI is InChI=1S/C8H11NO2S/c1-9-8-5-3-2-4-7(8)6-12(10)11/h2-5,9H,6H2,1H3,(H,10,11)/p-1. The van der Waals surface area contributed by atoms with E-state index in [1.807, 2.05) is 18.2 Å². The van der Waals surface area contributed by atoms with Crippen LogP contribution in [0.2, 0.25) is 0 Å². The zero-order chi connectivity index (χ0) is 8.97. The Morgan fingerprint density at radius 2 is 2.17 bits per heavy atom. The van der Waals surface area contributed by atoms with Gasteiger partial charge in [-0.15, -0.1) is 0 Å². The van der Waals surface area contributed by atoms with E-state index in [1.54, 1.807) is 13.1 Å². The summed E-state index contributed by atoms with van der Waals surface area (Å²) in [5.41, 5.74) is 1.66. The number of anilines is 1. The molecule has 0 fully saturated rings. The van der Waals surface area contributed by atoms with E-state index >= 15 is 0 Å². The molecule has 1 N–H and O–H groups in total. The van der Waals surface area contributed by atoms with Gasteiger partial charge in [0.15, 0.2) is 0 Å². The monoisotopic (exact) mass is 184 g/mol. The third kappa shape index (κ3) is 2.32. The maximum Gasteiger partial charge on any atom is 0.0379 e. The second-order valence-electron chi connectivity index (χ2n) is 2.36. The van der Waals surface area contributed by atoms with Gasteiger partial charge in [0.1, 0.15) is 0 Å². The van der Waals surface area contributed by atoms with Gasteiger partial charge in [-0.25, -0.2) is 0 Å². The number of rotatable bonds is 3. The van der Waals surface area contributed by atoms with Gasteiger partial charge in [0.2, 0.25) is 0 Å². The maximum atomic E-state index is 10.4. The van der Waals surface area contributed by atoms with Crippen LogP contribution in [0.4, 0.5) is 5.69 Å². The smallest absolute Gasteiger partial charge is 0.0379 e. The lowest BCUT2D eigenvalue weighted by atomic mass is 10.2. The molecule has 0 aliphatic heterocycles. The molecule has 1 atom stereocenters. The van der Waals surface area contributed by atoms with Crippen LogP contribution in [0.3, 0.4) is 0 Å². The van der Waals surface area contributed by atoms with Crippen molar-refractivity contribution in [1.29, 1.82) is 0 Å². The van der Waals surface area contributed by atoms with Gasteiger partial charge in [-0.2, -0.15) is 0 Å². The van der Waals surface area contributed by atoms with Crippen molar-refractivity contribution in [1.82, 2.24) is 0 Å². The van der Waals surface area contributed by atoms with Crippen LogP contribution in [0, 0.1) is 0 Å². The van der Waals surface area contributed by atoms with E-state index in [1.165, 1.54) is 0 Å². The van der Waals surface area contributed by atoms with Gasteiger partial charge in [0.05, 0.1) is 0 Å². The molecule has 0 saturated heterocycles. The third-order valence-electron chi connectivity index (χ3n) is 1.56. The summed E-state index contributed by atoms with van der Waals surface area (Å²) in [6.45, 7) is 0. The van der Waals surface area contributed by atoms with Crippen LogP contribution >= 0.6 is 0 Å². The first-order valence-corrected chi connectivity index (χ1v) is 4.80. The summed E-state index contributed by atoms with van der Waals surface area (Å²) < 4.78 is 20.8. The second-order valence-corrected chi connectivity index (χ2v) is 3.25. The molecule has 0 heterocycles. The summed E-state index contributed by atoms with van der Waals surface area (Å²) in [7, 11) is 1.77. The summed E-state index contributed by atoms with van der Waals surface area (Å²) in [5, 5.41) is 2.93. The average Bonchev–Trinajstić information content (AvgIpc) is 2.04. The molecule has 66 valence electrons. The number of nitrogens with one attached hydrogen (secondary N) is 1. The molecular formula is C8H10NO2S-. The zero-order valence-electron chi connectivity index (χ0n) is 6.74.